The maximum Gasteiger partial charge on any atom is 0.233 e. The molecule has 0 spiro atoms. The second-order valence-electron chi connectivity index (χ2n) is 9.37. The Morgan fingerprint density at radius 2 is 1.62 bits per heavy atom. The summed E-state index contributed by atoms with van der Waals surface area (Å²) in [7, 11) is 5.49. The fourth-order valence-electron chi connectivity index (χ4n) is 4.95. The number of hydrogen-bond acceptors (Lipinski definition) is 8. The lowest BCUT2D eigenvalue weighted by Gasteiger charge is -2.34. The second kappa shape index (κ2) is 11.9. The van der Waals surface area contributed by atoms with Gasteiger partial charge in [0.05, 0.1) is 18.2 Å². The van der Waals surface area contributed by atoms with Gasteiger partial charge in [-0.1, -0.05) is 37.3 Å². The summed E-state index contributed by atoms with van der Waals surface area (Å²) in [5.74, 6) is 2.43. The molecule has 2 aromatic rings. The van der Waals surface area contributed by atoms with Crippen molar-refractivity contribution in [2.24, 2.45) is 0 Å². The van der Waals surface area contributed by atoms with Crippen molar-refractivity contribution in [2.75, 3.05) is 36.8 Å². The van der Waals surface area contributed by atoms with Gasteiger partial charge in [-0.05, 0) is 56.7 Å². The number of benzene rings is 1. The third-order valence-electron chi connectivity index (χ3n) is 7.06. The molecule has 1 aromatic carbocycles. The number of hydrogen-bond donors (Lipinski definition) is 2. The van der Waals surface area contributed by atoms with Gasteiger partial charge in [0.25, 0.3) is 0 Å². The largest absolute Gasteiger partial charge is 0.495 e. The zero-order chi connectivity index (χ0) is 23.9. The molecule has 1 aromatic heterocycles. The number of halogens is 1. The van der Waals surface area contributed by atoms with E-state index in [-0.39, 0.29) is 0 Å². The lowest BCUT2D eigenvalue weighted by molar-refractivity contribution is 0.0659. The summed E-state index contributed by atoms with van der Waals surface area (Å²) in [5.41, 5.74) is 0.798. The first-order valence-corrected chi connectivity index (χ1v) is 12.8. The minimum atomic E-state index is 0.354. The standard InChI is InChI=1S/C25H37ClN6O2/c1-32(19-11-13-20(33-2)14-12-19)25-30-23(27-17-8-6-4-5-7-9-17)29-24(31-25)28-18-10-15-22(34-3)21(26)16-18/h10,15-17,19-20H,4-9,11-14H2,1-3H3,(H2,27,28,29,30,31). The summed E-state index contributed by atoms with van der Waals surface area (Å²) in [6.45, 7) is 0. The molecule has 0 amide bonds. The monoisotopic (exact) mass is 488 g/mol. The maximum absolute atomic E-state index is 6.33. The zero-order valence-corrected chi connectivity index (χ0v) is 21.3. The molecule has 9 heteroatoms. The molecule has 186 valence electrons. The maximum atomic E-state index is 6.33. The highest BCUT2D eigenvalue weighted by atomic mass is 35.5. The minimum Gasteiger partial charge on any atom is -0.495 e. The molecule has 0 atom stereocenters. The summed E-state index contributed by atoms with van der Waals surface area (Å²) in [5, 5.41) is 7.44. The van der Waals surface area contributed by atoms with Crippen LogP contribution in [0.4, 0.5) is 23.5 Å². The van der Waals surface area contributed by atoms with Crippen LogP contribution in [-0.2, 0) is 4.74 Å². The molecule has 0 bridgehead atoms. The van der Waals surface area contributed by atoms with Gasteiger partial charge in [-0.2, -0.15) is 15.0 Å². The quantitative estimate of drug-likeness (QED) is 0.450. The summed E-state index contributed by atoms with van der Waals surface area (Å²) in [6.07, 6.45) is 12.0. The van der Waals surface area contributed by atoms with Crippen LogP contribution in [-0.4, -0.2) is 54.4 Å². The van der Waals surface area contributed by atoms with E-state index in [0.717, 1.165) is 44.2 Å². The summed E-state index contributed by atoms with van der Waals surface area (Å²) < 4.78 is 10.8. The molecule has 4 rings (SSSR count). The van der Waals surface area contributed by atoms with Crippen molar-refractivity contribution in [3.8, 4) is 5.75 Å². The Morgan fingerprint density at radius 3 is 2.26 bits per heavy atom. The van der Waals surface area contributed by atoms with Crippen molar-refractivity contribution < 1.29 is 9.47 Å². The van der Waals surface area contributed by atoms with Crippen LogP contribution in [0.5, 0.6) is 5.75 Å². The highest BCUT2D eigenvalue weighted by Gasteiger charge is 2.26. The lowest BCUT2D eigenvalue weighted by Crippen LogP contribution is -2.38. The SMILES string of the molecule is COc1ccc(Nc2nc(NC3CCCCCC3)nc(N(C)C3CCC(OC)CC3)n2)cc1Cl. The van der Waals surface area contributed by atoms with Crippen molar-refractivity contribution in [3.63, 3.8) is 0 Å². The Hall–Kier alpha value is -2.32. The summed E-state index contributed by atoms with van der Waals surface area (Å²) >= 11 is 6.33. The molecule has 2 aliphatic carbocycles. The molecule has 34 heavy (non-hydrogen) atoms. The van der Waals surface area contributed by atoms with Gasteiger partial charge >= 0.3 is 0 Å². The van der Waals surface area contributed by atoms with Gasteiger partial charge in [0, 0.05) is 31.9 Å². The van der Waals surface area contributed by atoms with Crippen LogP contribution in [0.25, 0.3) is 0 Å². The van der Waals surface area contributed by atoms with E-state index in [1.807, 2.05) is 18.2 Å². The van der Waals surface area contributed by atoms with E-state index in [4.69, 9.17) is 36.0 Å². The highest BCUT2D eigenvalue weighted by Crippen LogP contribution is 2.30. The Labute approximate surface area is 207 Å². The van der Waals surface area contributed by atoms with Crippen molar-refractivity contribution in [1.82, 2.24) is 15.0 Å². The van der Waals surface area contributed by atoms with Crippen LogP contribution in [0.1, 0.15) is 64.2 Å². The Bertz CT molecular complexity index is 930. The number of aromatic nitrogens is 3. The van der Waals surface area contributed by atoms with Crippen molar-refractivity contribution >= 4 is 35.1 Å². The van der Waals surface area contributed by atoms with E-state index in [1.165, 1.54) is 25.7 Å². The van der Waals surface area contributed by atoms with Crippen LogP contribution in [0.2, 0.25) is 5.02 Å². The minimum absolute atomic E-state index is 0.354. The van der Waals surface area contributed by atoms with Crippen molar-refractivity contribution in [1.29, 1.82) is 0 Å². The summed E-state index contributed by atoms with van der Waals surface area (Å²) in [4.78, 5) is 16.5. The highest BCUT2D eigenvalue weighted by molar-refractivity contribution is 6.32. The van der Waals surface area contributed by atoms with Crippen LogP contribution >= 0.6 is 11.6 Å². The first-order valence-electron chi connectivity index (χ1n) is 12.4. The Balaban J connectivity index is 1.57. The smallest absolute Gasteiger partial charge is 0.233 e. The van der Waals surface area contributed by atoms with E-state index in [2.05, 4.69) is 22.6 Å². The molecule has 2 N–H and O–H groups in total. The van der Waals surface area contributed by atoms with Gasteiger partial charge in [-0.15, -0.1) is 0 Å². The van der Waals surface area contributed by atoms with E-state index < -0.39 is 0 Å². The lowest BCUT2D eigenvalue weighted by atomic mass is 9.92. The molecule has 2 saturated carbocycles. The molecular weight excluding hydrogens is 452 g/mol. The van der Waals surface area contributed by atoms with Gasteiger partial charge < -0.3 is 25.0 Å². The van der Waals surface area contributed by atoms with E-state index >= 15 is 0 Å². The van der Waals surface area contributed by atoms with Crippen LogP contribution in [0, 0.1) is 0 Å². The average Bonchev–Trinajstić information content (AvgIpc) is 3.12. The molecule has 0 aliphatic heterocycles. The van der Waals surface area contributed by atoms with Gasteiger partial charge in [-0.3, -0.25) is 0 Å². The third kappa shape index (κ3) is 6.42. The topological polar surface area (TPSA) is 84.4 Å². The first kappa shape index (κ1) is 24.8. The van der Waals surface area contributed by atoms with E-state index in [1.54, 1.807) is 14.2 Å². The predicted octanol–water partition coefficient (Wildman–Crippen LogP) is 5.81. The molecule has 8 nitrogen and oxygen atoms in total. The average molecular weight is 489 g/mol. The van der Waals surface area contributed by atoms with Crippen LogP contribution in [0.3, 0.4) is 0 Å². The fraction of sp³-hybridized carbons (Fsp3) is 0.640. The van der Waals surface area contributed by atoms with Crippen LogP contribution in [0.15, 0.2) is 18.2 Å². The van der Waals surface area contributed by atoms with Gasteiger partial charge in [0.1, 0.15) is 5.75 Å². The number of rotatable bonds is 8. The Kier molecular flexibility index (Phi) is 8.67. The third-order valence-corrected chi connectivity index (χ3v) is 7.36. The molecule has 0 saturated heterocycles. The predicted molar refractivity (Wildman–Crippen MR) is 138 cm³/mol. The number of anilines is 4. The van der Waals surface area contributed by atoms with E-state index in [0.29, 0.717) is 46.8 Å². The van der Waals surface area contributed by atoms with Crippen molar-refractivity contribution in [3.05, 3.63) is 23.2 Å². The molecule has 0 unspecified atom stereocenters. The molecular formula is C25H37ClN6O2. The zero-order valence-electron chi connectivity index (χ0n) is 20.5. The van der Waals surface area contributed by atoms with Crippen LogP contribution < -0.4 is 20.3 Å². The molecule has 2 aliphatic rings. The first-order chi connectivity index (χ1) is 16.6. The fourth-order valence-corrected chi connectivity index (χ4v) is 5.21. The number of nitrogens with zero attached hydrogens (tertiary/aromatic N) is 4. The van der Waals surface area contributed by atoms with E-state index in [9.17, 15) is 0 Å². The molecule has 0 radical (unpaired) electrons. The normalized spacial score (nSPS) is 21.5. The second-order valence-corrected chi connectivity index (χ2v) is 9.77. The van der Waals surface area contributed by atoms with Crippen molar-refractivity contribution in [2.45, 2.75) is 82.4 Å². The van der Waals surface area contributed by atoms with Gasteiger partial charge in [-0.25, -0.2) is 0 Å². The number of methoxy groups -OCH3 is 2. The van der Waals surface area contributed by atoms with Gasteiger partial charge in [0.2, 0.25) is 17.8 Å². The number of nitrogens with one attached hydrogen (secondary N) is 2. The number of ether oxygens (including phenoxy) is 2. The van der Waals surface area contributed by atoms with Gasteiger partial charge in [0.15, 0.2) is 0 Å². The Morgan fingerprint density at radius 1 is 0.912 bits per heavy atom. The summed E-state index contributed by atoms with van der Waals surface area (Å²) in [6, 6.07) is 6.32. The molecule has 2 fully saturated rings. The molecule has 1 heterocycles.